The zero-order valence-corrected chi connectivity index (χ0v) is 7.53. The van der Waals surface area contributed by atoms with Crippen LogP contribution in [0.5, 0.6) is 11.5 Å². The molecule has 1 aliphatic heterocycles. The average Bonchev–Trinajstić information content (AvgIpc) is 2.41. The summed E-state index contributed by atoms with van der Waals surface area (Å²) in [4.78, 5) is 11.2. The number of nitrogens with zero attached hydrogens (tertiary/aromatic N) is 1. The van der Waals surface area contributed by atoms with Gasteiger partial charge in [0.2, 0.25) is 5.75 Å². The maximum absolute atomic E-state index is 11.0. The Morgan fingerprint density at radius 1 is 1.36 bits per heavy atom. The fourth-order valence-electron chi connectivity index (χ4n) is 1.28. The number of ether oxygens (including phenoxy) is 2. The minimum Gasteiger partial charge on any atom is -0.489 e. The number of nitrogens with two attached hydrogens (primary N) is 1. The van der Waals surface area contributed by atoms with E-state index in [2.05, 4.69) is 6.07 Å². The molecule has 0 atom stereocenters. The van der Waals surface area contributed by atoms with Crippen molar-refractivity contribution in [2.24, 2.45) is 5.84 Å². The summed E-state index contributed by atoms with van der Waals surface area (Å²) in [5.74, 6) is 6.03. The van der Waals surface area contributed by atoms with E-state index in [1.165, 1.54) is 6.07 Å². The minimum absolute atomic E-state index is 0.240. The lowest BCUT2D eigenvalue weighted by molar-refractivity contribution is -0.475. The number of nitroso groups, excluding NO2 is 1. The molecule has 1 aromatic carbocycles. The zero-order valence-electron chi connectivity index (χ0n) is 7.53. The molecular formula is C9H10N2O3+. The van der Waals surface area contributed by atoms with Crippen LogP contribution in [0.25, 0.3) is 0 Å². The maximum atomic E-state index is 11.0. The van der Waals surface area contributed by atoms with E-state index >= 15 is 0 Å². The van der Waals surface area contributed by atoms with Crippen molar-refractivity contribution in [2.45, 2.75) is 6.42 Å². The minimum atomic E-state index is 0.240. The molecule has 73 valence electrons. The van der Waals surface area contributed by atoms with Gasteiger partial charge in [0, 0.05) is 12.5 Å². The normalized spacial score (nSPS) is 14.6. The van der Waals surface area contributed by atoms with Gasteiger partial charge in [-0.3, -0.25) is 0 Å². The highest BCUT2D eigenvalue weighted by atomic mass is 16.5. The van der Waals surface area contributed by atoms with E-state index in [0.29, 0.717) is 24.7 Å². The third-order valence-corrected chi connectivity index (χ3v) is 1.92. The Balaban J connectivity index is 2.47. The molecular weight excluding hydrogens is 184 g/mol. The van der Waals surface area contributed by atoms with Gasteiger partial charge in [0.05, 0.1) is 18.1 Å². The summed E-state index contributed by atoms with van der Waals surface area (Å²) in [7, 11) is 0. The average molecular weight is 194 g/mol. The van der Waals surface area contributed by atoms with E-state index in [-0.39, 0.29) is 10.6 Å². The smallest absolute Gasteiger partial charge is 0.337 e. The fourth-order valence-corrected chi connectivity index (χ4v) is 1.28. The van der Waals surface area contributed by atoms with Crippen molar-refractivity contribution in [2.75, 3.05) is 13.2 Å². The molecule has 0 spiro atoms. The number of fused-ring (bicyclic) bond motifs is 1. The van der Waals surface area contributed by atoms with Gasteiger partial charge >= 0.3 is 5.69 Å². The van der Waals surface area contributed by atoms with Gasteiger partial charge in [-0.05, 0) is 12.1 Å². The van der Waals surface area contributed by atoms with Crippen molar-refractivity contribution in [3.05, 3.63) is 23.1 Å². The standard InChI is InChI=1S/C9H10N2O3/c10-11(12)7-3-1-4-8-9(7)14-6-2-5-13-8/h3-4H,2,5-6H2,(H2,10,12)/q+1. The van der Waals surface area contributed by atoms with E-state index in [0.717, 1.165) is 6.42 Å². The molecule has 0 unspecified atom stereocenters. The Kier molecular flexibility index (Phi) is 2.22. The summed E-state index contributed by atoms with van der Waals surface area (Å²) < 4.78 is 10.7. The molecule has 1 heterocycles. The first-order valence-electron chi connectivity index (χ1n) is 4.30. The summed E-state index contributed by atoms with van der Waals surface area (Å²) in [6.45, 7) is 1.10. The van der Waals surface area contributed by atoms with Gasteiger partial charge in [0.15, 0.2) is 10.6 Å². The second kappa shape index (κ2) is 3.53. The van der Waals surface area contributed by atoms with Gasteiger partial charge in [0.1, 0.15) is 0 Å². The van der Waals surface area contributed by atoms with E-state index in [1.54, 1.807) is 6.07 Å². The Labute approximate surface area is 81.0 Å². The molecule has 0 amide bonds. The molecule has 5 heteroatoms. The SMILES string of the molecule is N[N+](=O)c1c[c]cc2c1OCCCO2. The number of benzene rings is 1. The van der Waals surface area contributed by atoms with Crippen LogP contribution in [0, 0.1) is 11.0 Å². The van der Waals surface area contributed by atoms with Crippen LogP contribution in [0.3, 0.4) is 0 Å². The molecule has 0 aromatic heterocycles. The van der Waals surface area contributed by atoms with E-state index in [4.69, 9.17) is 15.3 Å². The summed E-state index contributed by atoms with van der Waals surface area (Å²) in [5, 5.41) is 0. The molecule has 0 saturated carbocycles. The molecule has 14 heavy (non-hydrogen) atoms. The number of hydrazine groups is 1. The molecule has 0 aliphatic carbocycles. The lowest BCUT2D eigenvalue weighted by Crippen LogP contribution is -2.10. The third kappa shape index (κ3) is 1.48. The van der Waals surface area contributed by atoms with Crippen molar-refractivity contribution >= 4 is 5.69 Å². The summed E-state index contributed by atoms with van der Waals surface area (Å²) in [5.41, 5.74) is 0.240. The van der Waals surface area contributed by atoms with E-state index < -0.39 is 0 Å². The predicted molar refractivity (Wildman–Crippen MR) is 48.4 cm³/mol. The van der Waals surface area contributed by atoms with Crippen molar-refractivity contribution < 1.29 is 14.3 Å². The first-order valence-corrected chi connectivity index (χ1v) is 4.30. The molecule has 0 fully saturated rings. The van der Waals surface area contributed by atoms with Crippen LogP contribution in [-0.2, 0) is 0 Å². The Bertz CT molecular complexity index is 365. The third-order valence-electron chi connectivity index (χ3n) is 1.92. The Morgan fingerprint density at radius 2 is 2.14 bits per heavy atom. The van der Waals surface area contributed by atoms with Crippen LogP contribution >= 0.6 is 0 Å². The molecule has 1 radical (unpaired) electrons. The number of hydrogen-bond acceptors (Lipinski definition) is 3. The molecule has 2 N–H and O–H groups in total. The highest BCUT2D eigenvalue weighted by Crippen LogP contribution is 2.37. The Morgan fingerprint density at radius 3 is 2.93 bits per heavy atom. The number of rotatable bonds is 1. The van der Waals surface area contributed by atoms with Gasteiger partial charge in [-0.25, -0.2) is 0 Å². The topological polar surface area (TPSA) is 64.6 Å². The lowest BCUT2D eigenvalue weighted by Gasteiger charge is -2.04. The van der Waals surface area contributed by atoms with Crippen molar-refractivity contribution in [1.29, 1.82) is 0 Å². The zero-order chi connectivity index (χ0) is 9.97. The van der Waals surface area contributed by atoms with Gasteiger partial charge in [-0.15, -0.1) is 0 Å². The monoisotopic (exact) mass is 194 g/mol. The maximum Gasteiger partial charge on any atom is 0.337 e. The molecule has 5 nitrogen and oxygen atoms in total. The lowest BCUT2D eigenvalue weighted by atomic mass is 10.3. The van der Waals surface area contributed by atoms with Gasteiger partial charge in [-0.1, -0.05) is 0 Å². The quantitative estimate of drug-likeness (QED) is 0.410. The predicted octanol–water partition coefficient (Wildman–Crippen LogP) is 0.932. The van der Waals surface area contributed by atoms with Crippen molar-refractivity contribution in [3.8, 4) is 11.5 Å². The molecule has 2 rings (SSSR count). The first-order chi connectivity index (χ1) is 6.79. The highest BCUT2D eigenvalue weighted by Gasteiger charge is 2.23. The highest BCUT2D eigenvalue weighted by molar-refractivity contribution is 5.55. The van der Waals surface area contributed by atoms with Crippen LogP contribution in [-0.4, -0.2) is 18.1 Å². The fraction of sp³-hybridized carbons (Fsp3) is 0.333. The van der Waals surface area contributed by atoms with E-state index in [1.807, 2.05) is 0 Å². The van der Waals surface area contributed by atoms with Crippen molar-refractivity contribution in [3.63, 3.8) is 0 Å². The molecule has 1 aromatic rings. The van der Waals surface area contributed by atoms with Crippen molar-refractivity contribution in [1.82, 2.24) is 0 Å². The largest absolute Gasteiger partial charge is 0.489 e. The molecule has 0 saturated heterocycles. The first kappa shape index (κ1) is 8.80. The summed E-state index contributed by atoms with van der Waals surface area (Å²) in [6, 6.07) is 5.88. The van der Waals surface area contributed by atoms with Gasteiger partial charge < -0.3 is 9.47 Å². The summed E-state index contributed by atoms with van der Waals surface area (Å²) in [6.07, 6.45) is 0.789. The second-order valence-electron chi connectivity index (χ2n) is 2.91. The number of hydrogen-bond donors (Lipinski definition) is 1. The molecule has 1 aliphatic rings. The van der Waals surface area contributed by atoms with Crippen LogP contribution in [0.4, 0.5) is 5.69 Å². The van der Waals surface area contributed by atoms with Gasteiger partial charge in [-0.2, -0.15) is 5.84 Å². The van der Waals surface area contributed by atoms with E-state index in [9.17, 15) is 4.91 Å². The van der Waals surface area contributed by atoms with Crippen LogP contribution in [0.1, 0.15) is 6.42 Å². The molecule has 0 bridgehead atoms. The van der Waals surface area contributed by atoms with Gasteiger partial charge in [0.25, 0.3) is 0 Å². The van der Waals surface area contributed by atoms with Crippen LogP contribution in [0.15, 0.2) is 12.1 Å². The van der Waals surface area contributed by atoms with Crippen LogP contribution in [0.2, 0.25) is 0 Å². The Hall–Kier alpha value is -1.78. The van der Waals surface area contributed by atoms with Crippen LogP contribution < -0.4 is 15.3 Å². The summed E-state index contributed by atoms with van der Waals surface area (Å²) >= 11 is 0. The second-order valence-corrected chi connectivity index (χ2v) is 2.91.